The molecule has 0 aliphatic carbocycles. The Morgan fingerprint density at radius 2 is 1.97 bits per heavy atom. The second kappa shape index (κ2) is 9.09. The number of benzene rings is 2. The van der Waals surface area contributed by atoms with E-state index in [0.29, 0.717) is 41.7 Å². The van der Waals surface area contributed by atoms with Gasteiger partial charge in [-0.3, -0.25) is 14.9 Å². The predicted octanol–water partition coefficient (Wildman–Crippen LogP) is 4.66. The van der Waals surface area contributed by atoms with Crippen molar-refractivity contribution in [3.05, 3.63) is 76.4 Å². The normalized spacial score (nSPS) is 15.9. The molecular weight excluding hydrogens is 413 g/mol. The molecule has 1 N–H and O–H groups in total. The summed E-state index contributed by atoms with van der Waals surface area (Å²) in [5, 5.41) is 14.1. The van der Waals surface area contributed by atoms with Crippen LogP contribution in [0.3, 0.4) is 0 Å². The number of nitrogens with one attached hydrogen (secondary N) is 1. The van der Waals surface area contributed by atoms with E-state index in [1.165, 1.54) is 24.3 Å². The van der Waals surface area contributed by atoms with Crippen molar-refractivity contribution < 1.29 is 14.1 Å². The molecule has 0 saturated carbocycles. The van der Waals surface area contributed by atoms with Crippen LogP contribution in [0.1, 0.15) is 31.5 Å². The van der Waals surface area contributed by atoms with E-state index >= 15 is 0 Å². The lowest BCUT2D eigenvalue weighted by Gasteiger charge is -2.31. The third-order valence-corrected chi connectivity index (χ3v) is 5.45. The first-order chi connectivity index (χ1) is 15.4. The Hall–Kier alpha value is -3.88. The number of nitro groups is 1. The highest BCUT2D eigenvalue weighted by Gasteiger charge is 2.26. The van der Waals surface area contributed by atoms with Crippen molar-refractivity contribution in [2.75, 3.05) is 18.4 Å². The van der Waals surface area contributed by atoms with Gasteiger partial charge in [-0.1, -0.05) is 6.07 Å². The Labute approximate surface area is 184 Å². The molecule has 1 atom stereocenters. The predicted molar refractivity (Wildman–Crippen MR) is 118 cm³/mol. The number of hydrogen-bond acceptors (Lipinski definition) is 6. The minimum absolute atomic E-state index is 0.00878. The summed E-state index contributed by atoms with van der Waals surface area (Å²) in [4.78, 5) is 33.6. The molecule has 1 amide bonds. The van der Waals surface area contributed by atoms with Crippen molar-refractivity contribution >= 4 is 23.1 Å². The Morgan fingerprint density at radius 1 is 1.19 bits per heavy atom. The molecule has 1 aliphatic rings. The first-order valence-electron chi connectivity index (χ1n) is 10.3. The van der Waals surface area contributed by atoms with Crippen LogP contribution in [-0.2, 0) is 4.79 Å². The van der Waals surface area contributed by atoms with E-state index in [9.17, 15) is 19.3 Å². The maximum Gasteiger partial charge on any atom is 0.269 e. The van der Waals surface area contributed by atoms with Gasteiger partial charge < -0.3 is 10.2 Å². The van der Waals surface area contributed by atoms with Gasteiger partial charge in [-0.15, -0.1) is 0 Å². The molecule has 164 valence electrons. The zero-order chi connectivity index (χ0) is 22.7. The van der Waals surface area contributed by atoms with E-state index in [1.54, 1.807) is 42.2 Å². The van der Waals surface area contributed by atoms with E-state index in [1.807, 2.05) is 0 Å². The zero-order valence-electron chi connectivity index (χ0n) is 17.5. The fourth-order valence-corrected chi connectivity index (χ4v) is 3.80. The molecule has 0 bridgehead atoms. The Morgan fingerprint density at radius 3 is 2.66 bits per heavy atom. The number of hydrogen-bond donors (Lipinski definition) is 1. The van der Waals surface area contributed by atoms with Crippen LogP contribution in [0, 0.1) is 15.9 Å². The number of likely N-dealkylation sites (tertiary alicyclic amines) is 1. The number of nitrogens with zero attached hydrogens (tertiary/aromatic N) is 4. The van der Waals surface area contributed by atoms with Crippen molar-refractivity contribution in [1.29, 1.82) is 0 Å². The highest BCUT2D eigenvalue weighted by Crippen LogP contribution is 2.30. The SMILES string of the molecule is CC(=O)N1CCCC(c2nc(Nc3cccc(F)c3)cc(-c3ccc([N+](=O)[O-])cc3)n2)C1. The van der Waals surface area contributed by atoms with Gasteiger partial charge in [-0.25, -0.2) is 14.4 Å². The summed E-state index contributed by atoms with van der Waals surface area (Å²) < 4.78 is 13.6. The van der Waals surface area contributed by atoms with Gasteiger partial charge >= 0.3 is 0 Å². The van der Waals surface area contributed by atoms with Gasteiger partial charge in [0.05, 0.1) is 10.6 Å². The summed E-state index contributed by atoms with van der Waals surface area (Å²) in [7, 11) is 0. The van der Waals surface area contributed by atoms with Crippen molar-refractivity contribution in [2.45, 2.75) is 25.7 Å². The Bertz CT molecular complexity index is 1150. The minimum Gasteiger partial charge on any atom is -0.342 e. The van der Waals surface area contributed by atoms with Crippen LogP contribution in [0.2, 0.25) is 0 Å². The van der Waals surface area contributed by atoms with Crippen LogP contribution in [0.15, 0.2) is 54.6 Å². The zero-order valence-corrected chi connectivity index (χ0v) is 17.5. The maximum atomic E-state index is 13.6. The average molecular weight is 435 g/mol. The molecule has 3 aromatic rings. The summed E-state index contributed by atoms with van der Waals surface area (Å²) in [6.45, 7) is 2.79. The number of carbonyl (C=O) groups is 1. The summed E-state index contributed by atoms with van der Waals surface area (Å²) in [5.74, 6) is 0.655. The van der Waals surface area contributed by atoms with Crippen LogP contribution in [0.5, 0.6) is 0 Å². The molecule has 0 radical (unpaired) electrons. The topological polar surface area (TPSA) is 101 Å². The number of piperidine rings is 1. The molecular formula is C23H22FN5O3. The van der Waals surface area contributed by atoms with Crippen LogP contribution in [0.25, 0.3) is 11.3 Å². The molecule has 2 aromatic carbocycles. The van der Waals surface area contributed by atoms with Gasteiger partial charge in [0.1, 0.15) is 17.5 Å². The first-order valence-corrected chi connectivity index (χ1v) is 10.3. The number of non-ortho nitro benzene ring substituents is 1. The number of nitro benzene ring substituents is 1. The third kappa shape index (κ3) is 4.88. The number of anilines is 2. The van der Waals surface area contributed by atoms with E-state index in [2.05, 4.69) is 10.3 Å². The lowest BCUT2D eigenvalue weighted by atomic mass is 9.96. The second-order valence-electron chi connectivity index (χ2n) is 7.74. The van der Waals surface area contributed by atoms with Gasteiger partial charge in [-0.05, 0) is 43.2 Å². The fourth-order valence-electron chi connectivity index (χ4n) is 3.80. The van der Waals surface area contributed by atoms with Crippen LogP contribution in [-0.4, -0.2) is 38.8 Å². The van der Waals surface area contributed by atoms with Crippen molar-refractivity contribution in [1.82, 2.24) is 14.9 Å². The van der Waals surface area contributed by atoms with Crippen molar-refractivity contribution in [3.63, 3.8) is 0 Å². The minimum atomic E-state index is -0.454. The van der Waals surface area contributed by atoms with Crippen LogP contribution < -0.4 is 5.32 Å². The lowest BCUT2D eigenvalue weighted by Crippen LogP contribution is -2.38. The molecule has 9 heteroatoms. The van der Waals surface area contributed by atoms with E-state index in [0.717, 1.165) is 12.8 Å². The first kappa shape index (κ1) is 21.4. The van der Waals surface area contributed by atoms with Crippen LogP contribution >= 0.6 is 0 Å². The van der Waals surface area contributed by atoms with Gasteiger partial charge in [0.25, 0.3) is 5.69 Å². The molecule has 1 fully saturated rings. The summed E-state index contributed by atoms with van der Waals surface area (Å²) >= 11 is 0. The van der Waals surface area contributed by atoms with Gasteiger partial charge in [0.15, 0.2) is 0 Å². The van der Waals surface area contributed by atoms with Gasteiger partial charge in [0.2, 0.25) is 5.91 Å². The Balaban J connectivity index is 1.72. The number of rotatable bonds is 5. The molecule has 1 saturated heterocycles. The third-order valence-electron chi connectivity index (χ3n) is 5.45. The van der Waals surface area contributed by atoms with Crippen molar-refractivity contribution in [2.24, 2.45) is 0 Å². The molecule has 1 aromatic heterocycles. The molecule has 0 spiro atoms. The largest absolute Gasteiger partial charge is 0.342 e. The molecule has 8 nitrogen and oxygen atoms in total. The smallest absolute Gasteiger partial charge is 0.269 e. The average Bonchev–Trinajstić information content (AvgIpc) is 2.79. The quantitative estimate of drug-likeness (QED) is 0.462. The number of carbonyl (C=O) groups excluding carboxylic acids is 1. The number of halogens is 1. The highest BCUT2D eigenvalue weighted by molar-refractivity contribution is 5.73. The molecule has 1 unspecified atom stereocenters. The monoisotopic (exact) mass is 435 g/mol. The fraction of sp³-hybridized carbons (Fsp3) is 0.261. The molecule has 1 aliphatic heterocycles. The Kier molecular flexibility index (Phi) is 6.07. The van der Waals surface area contributed by atoms with Gasteiger partial charge in [-0.2, -0.15) is 0 Å². The van der Waals surface area contributed by atoms with E-state index < -0.39 is 4.92 Å². The molecule has 32 heavy (non-hydrogen) atoms. The maximum absolute atomic E-state index is 13.6. The number of amides is 1. The van der Waals surface area contributed by atoms with Gasteiger partial charge in [0, 0.05) is 55.4 Å². The summed E-state index contributed by atoms with van der Waals surface area (Å²) in [6, 6.07) is 13.9. The summed E-state index contributed by atoms with van der Waals surface area (Å²) in [5.41, 5.74) is 1.81. The van der Waals surface area contributed by atoms with E-state index in [-0.39, 0.29) is 23.3 Å². The summed E-state index contributed by atoms with van der Waals surface area (Å²) in [6.07, 6.45) is 1.69. The lowest BCUT2D eigenvalue weighted by molar-refractivity contribution is -0.384. The molecule has 2 heterocycles. The highest BCUT2D eigenvalue weighted by atomic mass is 19.1. The second-order valence-corrected chi connectivity index (χ2v) is 7.74. The van der Waals surface area contributed by atoms with Crippen molar-refractivity contribution in [3.8, 4) is 11.3 Å². The molecule has 4 rings (SSSR count). The number of aromatic nitrogens is 2. The van der Waals surface area contributed by atoms with Crippen LogP contribution in [0.4, 0.5) is 21.6 Å². The van der Waals surface area contributed by atoms with E-state index in [4.69, 9.17) is 4.98 Å². The standard InChI is InChI=1S/C23H22FN5O3/c1-15(30)28-11-3-4-17(14-28)23-26-21(16-7-9-20(10-8-16)29(31)32)13-22(27-23)25-19-6-2-5-18(24)12-19/h2,5-10,12-13,17H,3-4,11,14H2,1H3,(H,25,26,27).